The highest BCUT2D eigenvalue weighted by Gasteiger charge is 2.35. The lowest BCUT2D eigenvalue weighted by Crippen LogP contribution is -2.46. The van der Waals surface area contributed by atoms with Crippen LogP contribution < -0.4 is 10.6 Å². The van der Waals surface area contributed by atoms with Gasteiger partial charge < -0.3 is 25.0 Å². The second-order valence-corrected chi connectivity index (χ2v) is 7.34. The first-order chi connectivity index (χ1) is 13.7. The third-order valence-electron chi connectivity index (χ3n) is 4.62. The predicted octanol–water partition coefficient (Wildman–Crippen LogP) is 2.83. The van der Waals surface area contributed by atoms with E-state index in [1.807, 2.05) is 13.8 Å². The maximum Gasteiger partial charge on any atom is 0.338 e. The Morgan fingerprint density at radius 3 is 2.45 bits per heavy atom. The summed E-state index contributed by atoms with van der Waals surface area (Å²) in [5.74, 6) is -0.298. The third-order valence-corrected chi connectivity index (χ3v) is 4.62. The van der Waals surface area contributed by atoms with Crippen LogP contribution in [0.4, 0.5) is 10.5 Å². The normalized spacial score (nSPS) is 16.7. The van der Waals surface area contributed by atoms with Gasteiger partial charge in [-0.3, -0.25) is 4.79 Å². The lowest BCUT2D eigenvalue weighted by molar-refractivity contribution is -0.140. The van der Waals surface area contributed by atoms with Crippen molar-refractivity contribution in [2.45, 2.75) is 33.2 Å². The Bertz CT molecular complexity index is 786. The van der Waals surface area contributed by atoms with E-state index in [4.69, 9.17) is 9.47 Å². The molecule has 158 valence electrons. The van der Waals surface area contributed by atoms with Crippen LogP contribution in [0.15, 0.2) is 35.5 Å². The molecular formula is C21H29N3O5. The molecule has 1 aromatic carbocycles. The number of urea groups is 1. The number of amides is 3. The zero-order valence-electron chi connectivity index (χ0n) is 17.6. The maximum atomic E-state index is 12.7. The summed E-state index contributed by atoms with van der Waals surface area (Å²) in [4.78, 5) is 38.3. The van der Waals surface area contributed by atoms with Gasteiger partial charge in [0.2, 0.25) is 5.91 Å². The van der Waals surface area contributed by atoms with Crippen LogP contribution in [0.5, 0.6) is 0 Å². The molecule has 1 heterocycles. The number of anilines is 1. The number of ether oxygens (including phenoxy) is 2. The lowest BCUT2D eigenvalue weighted by atomic mass is 9.95. The summed E-state index contributed by atoms with van der Waals surface area (Å²) in [5, 5.41) is 5.67. The molecule has 0 saturated carbocycles. The standard InChI is InChI=1S/C21H29N3O5/c1-13(2)12-17(25)22-16-8-6-15(7-9-16)19-18(20(26)29-11-10-28-5)14(3)24(4)21(27)23-19/h6-9,13,19H,10-12H2,1-5H3,(H,22,25)(H,23,27)/t19-/m0/s1. The number of esters is 1. The van der Waals surface area contributed by atoms with Gasteiger partial charge in [-0.2, -0.15) is 0 Å². The molecule has 0 unspecified atom stereocenters. The first-order valence-electron chi connectivity index (χ1n) is 9.55. The molecule has 29 heavy (non-hydrogen) atoms. The highest BCUT2D eigenvalue weighted by atomic mass is 16.6. The smallest absolute Gasteiger partial charge is 0.338 e. The van der Waals surface area contributed by atoms with Crippen LogP contribution in [-0.4, -0.2) is 50.2 Å². The van der Waals surface area contributed by atoms with Gasteiger partial charge in [-0.05, 0) is 30.5 Å². The van der Waals surface area contributed by atoms with Crippen molar-refractivity contribution in [2.75, 3.05) is 32.7 Å². The number of allylic oxidation sites excluding steroid dienone is 1. The number of carbonyl (C=O) groups is 3. The van der Waals surface area contributed by atoms with Crippen LogP contribution in [0.3, 0.4) is 0 Å². The molecule has 0 fully saturated rings. The summed E-state index contributed by atoms with van der Waals surface area (Å²) in [7, 11) is 3.12. The minimum atomic E-state index is -0.644. The first kappa shape index (κ1) is 22.4. The topological polar surface area (TPSA) is 97.0 Å². The van der Waals surface area contributed by atoms with E-state index in [2.05, 4.69) is 10.6 Å². The number of hydrogen-bond donors (Lipinski definition) is 2. The van der Waals surface area contributed by atoms with Gasteiger partial charge in [0.05, 0.1) is 18.2 Å². The van der Waals surface area contributed by atoms with E-state index in [1.54, 1.807) is 38.2 Å². The maximum absolute atomic E-state index is 12.7. The van der Waals surface area contributed by atoms with Gasteiger partial charge in [0, 0.05) is 32.0 Å². The molecule has 2 N–H and O–H groups in total. The fraction of sp³-hybridized carbons (Fsp3) is 0.476. The summed E-state index contributed by atoms with van der Waals surface area (Å²) in [5.41, 5.74) is 2.25. The molecule has 8 heteroatoms. The van der Waals surface area contributed by atoms with Crippen molar-refractivity contribution in [2.24, 2.45) is 5.92 Å². The quantitative estimate of drug-likeness (QED) is 0.514. The monoisotopic (exact) mass is 403 g/mol. The molecule has 1 atom stereocenters. The van der Waals surface area contributed by atoms with Gasteiger partial charge >= 0.3 is 12.0 Å². The molecule has 0 saturated heterocycles. The van der Waals surface area contributed by atoms with E-state index >= 15 is 0 Å². The minimum Gasteiger partial charge on any atom is -0.460 e. The summed E-state index contributed by atoms with van der Waals surface area (Å²) in [6.45, 7) is 6.08. The molecule has 3 amide bonds. The largest absolute Gasteiger partial charge is 0.460 e. The average molecular weight is 403 g/mol. The van der Waals surface area contributed by atoms with Gasteiger partial charge in [-0.25, -0.2) is 9.59 Å². The number of hydrogen-bond acceptors (Lipinski definition) is 5. The molecule has 8 nitrogen and oxygen atoms in total. The second kappa shape index (κ2) is 10.1. The Kier molecular flexibility index (Phi) is 7.78. The Hall–Kier alpha value is -2.87. The van der Waals surface area contributed by atoms with Crippen LogP contribution in [-0.2, 0) is 19.1 Å². The molecule has 0 radical (unpaired) electrons. The summed E-state index contributed by atoms with van der Waals surface area (Å²) in [6.07, 6.45) is 0.437. The molecule has 1 aliphatic rings. The Balaban J connectivity index is 2.24. The summed E-state index contributed by atoms with van der Waals surface area (Å²) < 4.78 is 10.2. The van der Waals surface area contributed by atoms with Gasteiger partial charge in [0.1, 0.15) is 6.61 Å². The van der Waals surface area contributed by atoms with Gasteiger partial charge in [0.15, 0.2) is 0 Å². The number of nitrogens with zero attached hydrogens (tertiary/aromatic N) is 1. The molecule has 1 aromatic rings. The van der Waals surface area contributed by atoms with E-state index in [0.717, 1.165) is 0 Å². The zero-order valence-corrected chi connectivity index (χ0v) is 17.6. The van der Waals surface area contributed by atoms with Crippen molar-refractivity contribution < 1.29 is 23.9 Å². The van der Waals surface area contributed by atoms with Crippen LogP contribution in [0.25, 0.3) is 0 Å². The fourth-order valence-electron chi connectivity index (χ4n) is 2.99. The number of carbonyl (C=O) groups excluding carboxylic acids is 3. The first-order valence-corrected chi connectivity index (χ1v) is 9.55. The van der Waals surface area contributed by atoms with Crippen LogP contribution in [0, 0.1) is 5.92 Å². The Morgan fingerprint density at radius 1 is 1.21 bits per heavy atom. The van der Waals surface area contributed by atoms with Crippen molar-refractivity contribution in [3.8, 4) is 0 Å². The van der Waals surface area contributed by atoms with E-state index in [0.29, 0.717) is 28.9 Å². The van der Waals surface area contributed by atoms with Crippen molar-refractivity contribution in [3.63, 3.8) is 0 Å². The summed E-state index contributed by atoms with van der Waals surface area (Å²) in [6, 6.07) is 6.10. The molecule has 1 aliphatic heterocycles. The third kappa shape index (κ3) is 5.80. The minimum absolute atomic E-state index is 0.0569. The number of nitrogens with one attached hydrogen (secondary N) is 2. The van der Waals surface area contributed by atoms with Crippen molar-refractivity contribution in [3.05, 3.63) is 41.1 Å². The summed E-state index contributed by atoms with van der Waals surface area (Å²) >= 11 is 0. The Morgan fingerprint density at radius 2 is 1.86 bits per heavy atom. The lowest BCUT2D eigenvalue weighted by Gasteiger charge is -2.33. The zero-order chi connectivity index (χ0) is 21.6. The Labute approximate surface area is 171 Å². The number of benzene rings is 1. The molecule has 0 bridgehead atoms. The van der Waals surface area contributed by atoms with Gasteiger partial charge in [0.25, 0.3) is 0 Å². The molecule has 2 rings (SSSR count). The van der Waals surface area contributed by atoms with Gasteiger partial charge in [-0.1, -0.05) is 26.0 Å². The number of rotatable bonds is 8. The van der Waals surface area contributed by atoms with Crippen LogP contribution in [0.2, 0.25) is 0 Å². The molecule has 0 aromatic heterocycles. The second-order valence-electron chi connectivity index (χ2n) is 7.34. The molecular weight excluding hydrogens is 374 g/mol. The molecule has 0 aliphatic carbocycles. The van der Waals surface area contributed by atoms with Gasteiger partial charge in [-0.15, -0.1) is 0 Å². The van der Waals surface area contributed by atoms with E-state index < -0.39 is 12.0 Å². The van der Waals surface area contributed by atoms with Crippen LogP contribution >= 0.6 is 0 Å². The molecule has 0 spiro atoms. The highest BCUT2D eigenvalue weighted by molar-refractivity contribution is 5.95. The predicted molar refractivity (Wildman–Crippen MR) is 109 cm³/mol. The van der Waals surface area contributed by atoms with Crippen molar-refractivity contribution in [1.82, 2.24) is 10.2 Å². The SMILES string of the molecule is COCCOC(=O)C1=C(C)N(C)C(=O)N[C@H]1c1ccc(NC(=O)CC(C)C)cc1. The fourth-order valence-corrected chi connectivity index (χ4v) is 2.99. The van der Waals surface area contributed by atoms with E-state index in [9.17, 15) is 14.4 Å². The van der Waals surface area contributed by atoms with E-state index in [-0.39, 0.29) is 31.1 Å². The van der Waals surface area contributed by atoms with E-state index in [1.165, 1.54) is 12.0 Å². The highest BCUT2D eigenvalue weighted by Crippen LogP contribution is 2.31. The number of methoxy groups -OCH3 is 1. The van der Waals surface area contributed by atoms with Crippen molar-refractivity contribution >= 4 is 23.6 Å². The van der Waals surface area contributed by atoms with Crippen molar-refractivity contribution in [1.29, 1.82) is 0 Å². The van der Waals surface area contributed by atoms with Crippen LogP contribution in [0.1, 0.15) is 38.8 Å². The average Bonchev–Trinajstić information content (AvgIpc) is 2.66.